The van der Waals surface area contributed by atoms with Gasteiger partial charge in [0.25, 0.3) is 0 Å². The fourth-order valence-corrected chi connectivity index (χ4v) is 3.17. The van der Waals surface area contributed by atoms with Crippen molar-refractivity contribution in [3.8, 4) is 0 Å². The van der Waals surface area contributed by atoms with Gasteiger partial charge in [-0.2, -0.15) is 13.2 Å². The van der Waals surface area contributed by atoms with E-state index in [-0.39, 0.29) is 0 Å². The van der Waals surface area contributed by atoms with E-state index in [1.165, 1.54) is 0 Å². The number of aliphatic hydroxyl groups is 2. The molecule has 0 aromatic carbocycles. The van der Waals surface area contributed by atoms with Crippen LogP contribution in [0.2, 0.25) is 0 Å². The molecule has 6 atom stereocenters. The molecule has 2 aliphatic heterocycles. The maximum absolute atomic E-state index is 12.7. The Balaban J connectivity index is 2.16. The molecule has 1 fully saturated rings. The molecule has 5 nitrogen and oxygen atoms in total. The summed E-state index contributed by atoms with van der Waals surface area (Å²) in [5, 5.41) is 22.9. The molecule has 0 aromatic rings. The van der Waals surface area contributed by atoms with E-state index >= 15 is 0 Å². The molecule has 2 aliphatic rings. The van der Waals surface area contributed by atoms with Crippen molar-refractivity contribution in [3.05, 3.63) is 0 Å². The Kier molecular flexibility index (Phi) is 4.01. The number of ether oxygens (including phenoxy) is 1. The molecular weight excluding hydrogens is 285 g/mol. The minimum Gasteiger partial charge on any atom is -0.388 e. The highest BCUT2D eigenvalue weighted by molar-refractivity contribution is 8.14. The maximum atomic E-state index is 12.7. The van der Waals surface area contributed by atoms with Crippen LogP contribution in [0.3, 0.4) is 0 Å². The summed E-state index contributed by atoms with van der Waals surface area (Å²) in [6, 6.07) is -0.751. The molecular formula is C10H15F3N2O3S. The highest BCUT2D eigenvalue weighted by Gasteiger charge is 2.54. The predicted molar refractivity (Wildman–Crippen MR) is 63.8 cm³/mol. The maximum Gasteiger partial charge on any atom is 0.394 e. The van der Waals surface area contributed by atoms with Crippen molar-refractivity contribution >= 4 is 16.9 Å². The number of hydrogen-bond acceptors (Lipinski definition) is 6. The monoisotopic (exact) mass is 300 g/mol. The first kappa shape index (κ1) is 14.9. The molecule has 9 heteroatoms. The zero-order chi connectivity index (χ0) is 14.4. The van der Waals surface area contributed by atoms with E-state index < -0.39 is 41.9 Å². The fourth-order valence-electron chi connectivity index (χ4n) is 2.11. The summed E-state index contributed by atoms with van der Waals surface area (Å²) in [6.45, 7) is 0.931. The molecule has 0 amide bonds. The first-order valence-electron chi connectivity index (χ1n) is 5.76. The van der Waals surface area contributed by atoms with E-state index in [1.807, 2.05) is 0 Å². The molecule has 0 aromatic heterocycles. The molecule has 0 saturated carbocycles. The highest BCUT2D eigenvalue weighted by atomic mass is 32.2. The number of rotatable bonds is 1. The lowest BCUT2D eigenvalue weighted by atomic mass is 9.90. The molecule has 0 radical (unpaired) electrons. The molecule has 0 bridgehead atoms. The summed E-state index contributed by atoms with van der Waals surface area (Å²) in [7, 11) is 1.61. The van der Waals surface area contributed by atoms with Crippen LogP contribution in [0, 0.1) is 5.92 Å². The average Bonchev–Trinajstić information content (AvgIpc) is 2.75. The van der Waals surface area contributed by atoms with Crippen LogP contribution in [-0.4, -0.2) is 58.4 Å². The number of nitrogens with zero attached hydrogens (tertiary/aromatic N) is 1. The van der Waals surface area contributed by atoms with E-state index in [0.717, 1.165) is 18.7 Å². The van der Waals surface area contributed by atoms with Crippen molar-refractivity contribution in [2.75, 3.05) is 7.05 Å². The van der Waals surface area contributed by atoms with E-state index in [9.17, 15) is 23.4 Å². The van der Waals surface area contributed by atoms with Gasteiger partial charge in [0.15, 0.2) is 5.17 Å². The molecule has 0 aliphatic carbocycles. The standard InChI is InChI=1S/C10H15F3N2O3S/c1-3(10(11,12)13)7-6(17)5(16)4-8(18-7)19-9(14-2)15-4/h3-8,16-17H,1-2H3,(H,14,15)/t3-,4?,5?,6?,7?,8?/m1/s1. The van der Waals surface area contributed by atoms with Gasteiger partial charge in [0.2, 0.25) is 0 Å². The van der Waals surface area contributed by atoms with E-state index in [1.54, 1.807) is 7.05 Å². The molecule has 5 unspecified atom stereocenters. The summed E-state index contributed by atoms with van der Waals surface area (Å²) >= 11 is 1.11. The van der Waals surface area contributed by atoms with Crippen LogP contribution in [-0.2, 0) is 4.74 Å². The largest absolute Gasteiger partial charge is 0.394 e. The number of aliphatic hydroxyl groups excluding tert-OH is 2. The third-order valence-corrected chi connectivity index (χ3v) is 4.48. The molecule has 2 rings (SSSR count). The van der Waals surface area contributed by atoms with Crippen LogP contribution in [0.1, 0.15) is 6.92 Å². The van der Waals surface area contributed by atoms with Crippen LogP contribution in [0.25, 0.3) is 0 Å². The molecule has 2 heterocycles. The van der Waals surface area contributed by atoms with Crippen LogP contribution < -0.4 is 5.32 Å². The Hall–Kier alpha value is -0.510. The molecule has 19 heavy (non-hydrogen) atoms. The summed E-state index contributed by atoms with van der Waals surface area (Å²) in [6.07, 6.45) is -8.96. The van der Waals surface area contributed by atoms with E-state index in [2.05, 4.69) is 10.3 Å². The molecule has 0 spiro atoms. The Morgan fingerprint density at radius 3 is 2.53 bits per heavy atom. The van der Waals surface area contributed by atoms with Gasteiger partial charge in [-0.05, 0) is 0 Å². The van der Waals surface area contributed by atoms with Crippen LogP contribution in [0.5, 0.6) is 0 Å². The zero-order valence-corrected chi connectivity index (χ0v) is 11.1. The Morgan fingerprint density at radius 2 is 2.00 bits per heavy atom. The number of amidine groups is 1. The number of hydrogen-bond donors (Lipinski definition) is 3. The lowest BCUT2D eigenvalue weighted by Crippen LogP contribution is -2.58. The second kappa shape index (κ2) is 5.12. The highest BCUT2D eigenvalue weighted by Crippen LogP contribution is 2.41. The van der Waals surface area contributed by atoms with Crippen LogP contribution >= 0.6 is 11.8 Å². The number of nitrogens with one attached hydrogen (secondary N) is 1. The fraction of sp³-hybridized carbons (Fsp3) is 0.900. The molecule has 110 valence electrons. The van der Waals surface area contributed by atoms with Crippen molar-refractivity contribution in [3.63, 3.8) is 0 Å². The van der Waals surface area contributed by atoms with Crippen molar-refractivity contribution in [1.82, 2.24) is 5.32 Å². The van der Waals surface area contributed by atoms with Crippen molar-refractivity contribution in [2.45, 2.75) is 42.9 Å². The smallest absolute Gasteiger partial charge is 0.388 e. The first-order valence-corrected chi connectivity index (χ1v) is 6.64. The number of halogens is 3. The number of fused-ring (bicyclic) bond motifs is 1. The van der Waals surface area contributed by atoms with Gasteiger partial charge in [0.1, 0.15) is 23.7 Å². The number of aliphatic imine (C=N–C) groups is 1. The number of thioether (sulfide) groups is 1. The summed E-state index contributed by atoms with van der Waals surface area (Å²) < 4.78 is 43.4. The minimum absolute atomic E-state index is 0.474. The third kappa shape index (κ3) is 2.69. The van der Waals surface area contributed by atoms with Gasteiger partial charge in [0, 0.05) is 7.05 Å². The van der Waals surface area contributed by atoms with Gasteiger partial charge >= 0.3 is 6.18 Å². The second-order valence-electron chi connectivity index (χ2n) is 4.57. The van der Waals surface area contributed by atoms with Crippen molar-refractivity contribution in [2.24, 2.45) is 10.9 Å². The Morgan fingerprint density at radius 1 is 1.37 bits per heavy atom. The van der Waals surface area contributed by atoms with Crippen LogP contribution in [0.4, 0.5) is 13.2 Å². The summed E-state index contributed by atoms with van der Waals surface area (Å²) in [4.78, 5) is 4.07. The van der Waals surface area contributed by atoms with E-state index in [0.29, 0.717) is 5.17 Å². The minimum atomic E-state index is -4.49. The topological polar surface area (TPSA) is 74.1 Å². The first-order chi connectivity index (χ1) is 8.75. The average molecular weight is 300 g/mol. The van der Waals surface area contributed by atoms with Gasteiger partial charge in [-0.15, -0.1) is 0 Å². The number of alkyl halides is 3. The van der Waals surface area contributed by atoms with E-state index in [4.69, 9.17) is 4.74 Å². The molecule has 1 saturated heterocycles. The van der Waals surface area contributed by atoms with Crippen molar-refractivity contribution in [1.29, 1.82) is 0 Å². The third-order valence-electron chi connectivity index (χ3n) is 3.32. The Labute approximate surface area is 112 Å². The zero-order valence-electron chi connectivity index (χ0n) is 10.3. The van der Waals surface area contributed by atoms with Gasteiger partial charge in [-0.1, -0.05) is 18.7 Å². The Bertz CT molecular complexity index is 380. The quantitative estimate of drug-likeness (QED) is 0.650. The van der Waals surface area contributed by atoms with Gasteiger partial charge in [-0.25, -0.2) is 0 Å². The van der Waals surface area contributed by atoms with Gasteiger partial charge in [-0.3, -0.25) is 4.99 Å². The van der Waals surface area contributed by atoms with Crippen molar-refractivity contribution < 1.29 is 28.1 Å². The lowest BCUT2D eigenvalue weighted by molar-refractivity contribution is -0.244. The molecule has 3 N–H and O–H groups in total. The summed E-state index contributed by atoms with van der Waals surface area (Å²) in [5.41, 5.74) is -0.712. The SMILES string of the molecule is CNC1=NC2C(OC([C@@H](C)C(F)(F)F)C(O)C2O)S1. The second-order valence-corrected chi connectivity index (χ2v) is 5.66. The van der Waals surface area contributed by atoms with Crippen LogP contribution in [0.15, 0.2) is 4.99 Å². The lowest BCUT2D eigenvalue weighted by Gasteiger charge is -2.41. The normalized spacial score (nSPS) is 40.6. The summed E-state index contributed by atoms with van der Waals surface area (Å²) in [5.74, 6) is -1.86. The van der Waals surface area contributed by atoms with Gasteiger partial charge in [0.05, 0.1) is 12.0 Å². The predicted octanol–water partition coefficient (Wildman–Crippen LogP) is 0.322. The van der Waals surface area contributed by atoms with Gasteiger partial charge < -0.3 is 20.3 Å².